The molecule has 4 rings (SSSR count). The Kier molecular flexibility index (Phi) is 6.89. The number of rotatable bonds is 7. The van der Waals surface area contributed by atoms with E-state index in [1.807, 2.05) is 24.0 Å². The minimum absolute atomic E-state index is 0.0664. The van der Waals surface area contributed by atoms with Crippen LogP contribution < -0.4 is 10.1 Å². The third-order valence-corrected chi connectivity index (χ3v) is 6.65. The van der Waals surface area contributed by atoms with Gasteiger partial charge in [-0.05, 0) is 50.5 Å². The lowest BCUT2D eigenvalue weighted by Crippen LogP contribution is -2.55. The maximum Gasteiger partial charge on any atom is 0.251 e. The second-order valence-electron chi connectivity index (χ2n) is 8.65. The predicted octanol–water partition coefficient (Wildman–Crippen LogP) is 1.59. The average Bonchev–Trinajstić information content (AvgIpc) is 3.14. The smallest absolute Gasteiger partial charge is 0.251 e. The number of benzene rings is 1. The second-order valence-corrected chi connectivity index (χ2v) is 8.65. The Bertz CT molecular complexity index is 726. The molecule has 2 heterocycles. The van der Waals surface area contributed by atoms with Gasteiger partial charge in [-0.1, -0.05) is 6.42 Å². The van der Waals surface area contributed by atoms with Crippen molar-refractivity contribution in [3.8, 4) is 5.75 Å². The first-order valence-corrected chi connectivity index (χ1v) is 11.4. The Balaban J connectivity index is 1.18. The molecule has 1 aromatic carbocycles. The lowest BCUT2D eigenvalue weighted by atomic mass is 9.91. The Labute approximate surface area is 179 Å². The highest BCUT2D eigenvalue weighted by atomic mass is 16.5. The van der Waals surface area contributed by atoms with Gasteiger partial charge in [0, 0.05) is 56.9 Å². The van der Waals surface area contributed by atoms with Crippen LogP contribution in [0, 0.1) is 0 Å². The molecule has 7 heteroatoms. The SMILES string of the molecule is CCOc1ccc(C(=O)NC2CCN(CC(=O)N3CCN(C4CCC4)CC3)C2)cc1. The van der Waals surface area contributed by atoms with Crippen molar-refractivity contribution in [3.63, 3.8) is 0 Å². The summed E-state index contributed by atoms with van der Waals surface area (Å²) in [6.45, 7) is 8.30. The van der Waals surface area contributed by atoms with E-state index in [-0.39, 0.29) is 17.9 Å². The summed E-state index contributed by atoms with van der Waals surface area (Å²) in [5.41, 5.74) is 0.636. The van der Waals surface area contributed by atoms with Gasteiger partial charge < -0.3 is 15.0 Å². The van der Waals surface area contributed by atoms with E-state index in [9.17, 15) is 9.59 Å². The van der Waals surface area contributed by atoms with Crippen molar-refractivity contribution in [1.82, 2.24) is 20.0 Å². The standard InChI is InChI=1S/C23H34N4O3/c1-2-30-21-8-6-18(7-9-21)23(29)24-19-10-11-25(16-19)17-22(28)27-14-12-26(13-15-27)20-4-3-5-20/h6-9,19-20H,2-5,10-17H2,1H3,(H,24,29). The van der Waals surface area contributed by atoms with Gasteiger partial charge in [-0.25, -0.2) is 0 Å². The molecule has 0 bridgehead atoms. The molecule has 164 valence electrons. The molecule has 0 radical (unpaired) electrons. The maximum atomic E-state index is 12.7. The van der Waals surface area contributed by atoms with E-state index >= 15 is 0 Å². The summed E-state index contributed by atoms with van der Waals surface area (Å²) < 4.78 is 5.42. The molecule has 0 spiro atoms. The van der Waals surface area contributed by atoms with Crippen molar-refractivity contribution in [2.45, 2.75) is 44.7 Å². The van der Waals surface area contributed by atoms with Crippen LogP contribution in [-0.4, -0.2) is 91.0 Å². The van der Waals surface area contributed by atoms with E-state index < -0.39 is 0 Å². The molecule has 30 heavy (non-hydrogen) atoms. The van der Waals surface area contributed by atoms with E-state index in [1.165, 1.54) is 19.3 Å². The van der Waals surface area contributed by atoms with E-state index in [4.69, 9.17) is 4.74 Å². The van der Waals surface area contributed by atoms with Crippen LogP contribution in [0.4, 0.5) is 0 Å². The number of hydrogen-bond donors (Lipinski definition) is 1. The van der Waals surface area contributed by atoms with Gasteiger partial charge in [0.05, 0.1) is 13.2 Å². The van der Waals surface area contributed by atoms with Crippen molar-refractivity contribution in [2.24, 2.45) is 0 Å². The number of ether oxygens (including phenoxy) is 1. The number of amides is 2. The molecule has 2 amide bonds. The Morgan fingerprint density at radius 1 is 1.03 bits per heavy atom. The number of hydrogen-bond acceptors (Lipinski definition) is 5. The summed E-state index contributed by atoms with van der Waals surface area (Å²) >= 11 is 0. The lowest BCUT2D eigenvalue weighted by Gasteiger charge is -2.43. The normalized spacial score (nSPS) is 23.2. The summed E-state index contributed by atoms with van der Waals surface area (Å²) in [7, 11) is 0. The number of carbonyl (C=O) groups is 2. The van der Waals surface area contributed by atoms with Crippen LogP contribution in [0.2, 0.25) is 0 Å². The molecule has 2 saturated heterocycles. The third kappa shape index (κ3) is 5.13. The fourth-order valence-corrected chi connectivity index (χ4v) is 4.61. The van der Waals surface area contributed by atoms with E-state index in [2.05, 4.69) is 15.1 Å². The van der Waals surface area contributed by atoms with Crippen LogP contribution in [-0.2, 0) is 4.79 Å². The molecule has 1 saturated carbocycles. The minimum Gasteiger partial charge on any atom is -0.494 e. The molecule has 1 atom stereocenters. The molecule has 1 aliphatic carbocycles. The minimum atomic E-state index is -0.0664. The average molecular weight is 415 g/mol. The van der Waals surface area contributed by atoms with Crippen molar-refractivity contribution in [2.75, 3.05) is 52.4 Å². The van der Waals surface area contributed by atoms with Crippen LogP contribution in [0.5, 0.6) is 5.75 Å². The van der Waals surface area contributed by atoms with E-state index in [0.717, 1.165) is 57.5 Å². The Morgan fingerprint density at radius 3 is 2.40 bits per heavy atom. The number of likely N-dealkylation sites (tertiary alicyclic amines) is 1. The summed E-state index contributed by atoms with van der Waals surface area (Å²) in [4.78, 5) is 32.0. The van der Waals surface area contributed by atoms with Crippen LogP contribution in [0.1, 0.15) is 43.0 Å². The van der Waals surface area contributed by atoms with Gasteiger partial charge in [0.1, 0.15) is 5.75 Å². The highest BCUT2D eigenvalue weighted by Gasteiger charge is 2.31. The first-order chi connectivity index (χ1) is 14.6. The Morgan fingerprint density at radius 2 is 1.77 bits per heavy atom. The first kappa shape index (κ1) is 21.1. The molecule has 0 aromatic heterocycles. The molecule has 7 nitrogen and oxygen atoms in total. The highest BCUT2D eigenvalue weighted by molar-refractivity contribution is 5.94. The fraction of sp³-hybridized carbons (Fsp3) is 0.652. The molecule has 1 aromatic rings. The molecule has 2 aliphatic heterocycles. The third-order valence-electron chi connectivity index (χ3n) is 6.65. The summed E-state index contributed by atoms with van der Waals surface area (Å²) in [5, 5.41) is 3.11. The van der Waals surface area contributed by atoms with Gasteiger partial charge in [-0.15, -0.1) is 0 Å². The molecule has 1 unspecified atom stereocenters. The van der Waals surface area contributed by atoms with E-state index in [1.54, 1.807) is 12.1 Å². The van der Waals surface area contributed by atoms with Crippen LogP contribution in [0.15, 0.2) is 24.3 Å². The maximum absolute atomic E-state index is 12.7. The number of nitrogens with one attached hydrogen (secondary N) is 1. The molecular formula is C23H34N4O3. The fourth-order valence-electron chi connectivity index (χ4n) is 4.61. The monoisotopic (exact) mass is 414 g/mol. The van der Waals surface area contributed by atoms with Gasteiger partial charge in [-0.2, -0.15) is 0 Å². The molecule has 3 fully saturated rings. The van der Waals surface area contributed by atoms with Crippen LogP contribution in [0.3, 0.4) is 0 Å². The zero-order valence-corrected chi connectivity index (χ0v) is 18.0. The molecule has 3 aliphatic rings. The van der Waals surface area contributed by atoms with Gasteiger partial charge >= 0.3 is 0 Å². The summed E-state index contributed by atoms with van der Waals surface area (Å²) in [6, 6.07) is 8.08. The van der Waals surface area contributed by atoms with Crippen LogP contribution in [0.25, 0.3) is 0 Å². The number of piperazine rings is 1. The quantitative estimate of drug-likeness (QED) is 0.734. The molecular weight excluding hydrogens is 380 g/mol. The van der Waals surface area contributed by atoms with Crippen molar-refractivity contribution in [3.05, 3.63) is 29.8 Å². The zero-order valence-electron chi connectivity index (χ0n) is 18.0. The van der Waals surface area contributed by atoms with Gasteiger partial charge in [0.25, 0.3) is 5.91 Å². The van der Waals surface area contributed by atoms with Crippen molar-refractivity contribution < 1.29 is 14.3 Å². The van der Waals surface area contributed by atoms with Crippen molar-refractivity contribution >= 4 is 11.8 Å². The van der Waals surface area contributed by atoms with Crippen molar-refractivity contribution in [1.29, 1.82) is 0 Å². The molecule has 1 N–H and O–H groups in total. The van der Waals surface area contributed by atoms with Crippen LogP contribution >= 0.6 is 0 Å². The summed E-state index contributed by atoms with van der Waals surface area (Å²) in [5.74, 6) is 0.929. The Hall–Kier alpha value is -2.12. The van der Waals surface area contributed by atoms with Gasteiger partial charge in [0.15, 0.2) is 0 Å². The van der Waals surface area contributed by atoms with Gasteiger partial charge in [-0.3, -0.25) is 19.4 Å². The topological polar surface area (TPSA) is 65.1 Å². The lowest BCUT2D eigenvalue weighted by molar-refractivity contribution is -0.134. The predicted molar refractivity (Wildman–Crippen MR) is 116 cm³/mol. The van der Waals surface area contributed by atoms with Gasteiger partial charge in [0.2, 0.25) is 5.91 Å². The first-order valence-electron chi connectivity index (χ1n) is 11.4. The highest BCUT2D eigenvalue weighted by Crippen LogP contribution is 2.25. The largest absolute Gasteiger partial charge is 0.494 e. The number of carbonyl (C=O) groups excluding carboxylic acids is 2. The zero-order chi connectivity index (χ0) is 20.9. The number of nitrogens with zero attached hydrogens (tertiary/aromatic N) is 3. The second kappa shape index (κ2) is 9.79. The summed E-state index contributed by atoms with van der Waals surface area (Å²) in [6.07, 6.45) is 4.89. The van der Waals surface area contributed by atoms with E-state index in [0.29, 0.717) is 18.7 Å².